The van der Waals surface area contributed by atoms with Gasteiger partial charge in [0.25, 0.3) is 0 Å². The first-order valence-corrected chi connectivity index (χ1v) is 8.74. The van der Waals surface area contributed by atoms with Crippen LogP contribution in [-0.4, -0.2) is 17.0 Å². The highest BCUT2D eigenvalue weighted by atomic mass is 16.7. The number of rotatable bonds is 3. The lowest BCUT2D eigenvalue weighted by molar-refractivity contribution is 0.174. The van der Waals surface area contributed by atoms with Crippen LogP contribution in [0, 0.1) is 0 Å². The third-order valence-corrected chi connectivity index (χ3v) is 4.57. The summed E-state index contributed by atoms with van der Waals surface area (Å²) in [6, 6.07) is 13.9. The molecule has 0 unspecified atom stereocenters. The summed E-state index contributed by atoms with van der Waals surface area (Å²) in [5.74, 6) is 1.67. The second-order valence-corrected chi connectivity index (χ2v) is 6.46. The number of benzene rings is 3. The molecular formula is C22H14O7. The largest absolute Gasteiger partial charge is 0.508 e. The third kappa shape index (κ3) is 2.98. The molecule has 2 N–H and O–H groups in total. The van der Waals surface area contributed by atoms with Crippen molar-refractivity contribution in [1.82, 2.24) is 0 Å². The molecule has 7 nitrogen and oxygen atoms in total. The van der Waals surface area contributed by atoms with Crippen LogP contribution in [0.15, 0.2) is 70.1 Å². The van der Waals surface area contributed by atoms with Gasteiger partial charge in [-0.3, -0.25) is 4.79 Å². The number of ether oxygens (including phenoxy) is 3. The minimum absolute atomic E-state index is 0.0859. The molecule has 0 amide bonds. The Kier molecular flexibility index (Phi) is 3.80. The summed E-state index contributed by atoms with van der Waals surface area (Å²) in [6.07, 6.45) is 1.34. The maximum absolute atomic E-state index is 13.3. The summed E-state index contributed by atoms with van der Waals surface area (Å²) in [5, 5.41) is 19.6. The van der Waals surface area contributed by atoms with Gasteiger partial charge in [-0.15, -0.1) is 0 Å². The van der Waals surface area contributed by atoms with E-state index in [0.717, 1.165) is 0 Å². The van der Waals surface area contributed by atoms with E-state index in [1.165, 1.54) is 30.5 Å². The van der Waals surface area contributed by atoms with E-state index in [0.29, 0.717) is 28.4 Å². The van der Waals surface area contributed by atoms with E-state index < -0.39 is 0 Å². The highest BCUT2D eigenvalue weighted by molar-refractivity contribution is 5.88. The van der Waals surface area contributed by atoms with Crippen molar-refractivity contribution in [2.45, 2.75) is 0 Å². The van der Waals surface area contributed by atoms with Crippen LogP contribution in [0.4, 0.5) is 0 Å². The number of fused-ring (bicyclic) bond motifs is 2. The average molecular weight is 390 g/mol. The maximum Gasteiger partial charge on any atom is 0.231 e. The van der Waals surface area contributed by atoms with Crippen molar-refractivity contribution < 1.29 is 28.8 Å². The smallest absolute Gasteiger partial charge is 0.231 e. The fourth-order valence-corrected chi connectivity index (χ4v) is 3.19. The molecule has 7 heteroatoms. The Morgan fingerprint density at radius 2 is 1.66 bits per heavy atom. The van der Waals surface area contributed by atoms with Crippen LogP contribution in [0.1, 0.15) is 0 Å². The lowest BCUT2D eigenvalue weighted by Crippen LogP contribution is -2.06. The predicted molar refractivity (Wildman–Crippen MR) is 104 cm³/mol. The third-order valence-electron chi connectivity index (χ3n) is 4.57. The molecule has 0 bridgehead atoms. The van der Waals surface area contributed by atoms with Gasteiger partial charge >= 0.3 is 0 Å². The Bertz CT molecular complexity index is 1290. The van der Waals surface area contributed by atoms with E-state index in [-0.39, 0.29) is 40.4 Å². The van der Waals surface area contributed by atoms with Crippen molar-refractivity contribution in [3.8, 4) is 45.6 Å². The molecule has 0 aliphatic carbocycles. The van der Waals surface area contributed by atoms with E-state index >= 15 is 0 Å². The minimum atomic E-state index is -0.320. The molecule has 3 aromatic carbocycles. The number of hydrogen-bond acceptors (Lipinski definition) is 7. The van der Waals surface area contributed by atoms with E-state index in [1.54, 1.807) is 30.3 Å². The van der Waals surface area contributed by atoms with Crippen molar-refractivity contribution in [2.24, 2.45) is 0 Å². The van der Waals surface area contributed by atoms with Crippen LogP contribution in [0.2, 0.25) is 0 Å². The Balaban J connectivity index is 1.67. The van der Waals surface area contributed by atoms with Crippen molar-refractivity contribution in [2.75, 3.05) is 6.79 Å². The lowest BCUT2D eigenvalue weighted by Gasteiger charge is -2.10. The highest BCUT2D eigenvalue weighted by Crippen LogP contribution is 2.37. The normalized spacial score (nSPS) is 12.3. The molecule has 0 fully saturated rings. The first kappa shape index (κ1) is 17.0. The van der Waals surface area contributed by atoms with Gasteiger partial charge in [0, 0.05) is 12.1 Å². The van der Waals surface area contributed by atoms with Gasteiger partial charge in [0.05, 0.1) is 5.56 Å². The number of hydrogen-bond donors (Lipinski definition) is 2. The summed E-state index contributed by atoms with van der Waals surface area (Å²) in [5.41, 5.74) is 0.790. The van der Waals surface area contributed by atoms with E-state index in [2.05, 4.69) is 0 Å². The first-order valence-electron chi connectivity index (χ1n) is 8.74. The lowest BCUT2D eigenvalue weighted by atomic mass is 10.0. The molecule has 0 saturated carbocycles. The molecule has 5 rings (SSSR count). The van der Waals surface area contributed by atoms with E-state index in [4.69, 9.17) is 18.6 Å². The SMILES string of the molecule is O=c1c(-c2ccc3c(c2)OCO3)coc2cc(O)cc(Oc3ccc(O)cc3)c12. The summed E-state index contributed by atoms with van der Waals surface area (Å²) in [6.45, 7) is 0.134. The van der Waals surface area contributed by atoms with Crippen molar-refractivity contribution in [3.63, 3.8) is 0 Å². The fraction of sp³-hybridized carbons (Fsp3) is 0.0455. The van der Waals surface area contributed by atoms with Gasteiger partial charge in [-0.25, -0.2) is 0 Å². The van der Waals surface area contributed by atoms with E-state index in [1.807, 2.05) is 0 Å². The highest BCUT2D eigenvalue weighted by Gasteiger charge is 2.19. The van der Waals surface area contributed by atoms with Crippen LogP contribution in [0.3, 0.4) is 0 Å². The summed E-state index contributed by atoms with van der Waals surface area (Å²) in [7, 11) is 0. The molecule has 144 valence electrons. The topological polar surface area (TPSA) is 98.4 Å². The molecule has 2 heterocycles. The molecule has 0 atom stereocenters. The monoisotopic (exact) mass is 390 g/mol. The Morgan fingerprint density at radius 3 is 2.48 bits per heavy atom. The maximum atomic E-state index is 13.3. The molecule has 4 aromatic rings. The van der Waals surface area contributed by atoms with Crippen LogP contribution in [0.25, 0.3) is 22.1 Å². The van der Waals surface area contributed by atoms with Gasteiger partial charge in [-0.1, -0.05) is 6.07 Å². The van der Waals surface area contributed by atoms with Gasteiger partial charge in [-0.05, 0) is 42.0 Å². The van der Waals surface area contributed by atoms with Gasteiger partial charge in [0.2, 0.25) is 12.2 Å². The summed E-state index contributed by atoms with van der Waals surface area (Å²) in [4.78, 5) is 13.3. The van der Waals surface area contributed by atoms with Gasteiger partial charge in [0.1, 0.15) is 40.2 Å². The molecule has 1 aromatic heterocycles. The van der Waals surface area contributed by atoms with Crippen LogP contribution < -0.4 is 19.6 Å². The fourth-order valence-electron chi connectivity index (χ4n) is 3.19. The van der Waals surface area contributed by atoms with Crippen molar-refractivity contribution in [1.29, 1.82) is 0 Å². The van der Waals surface area contributed by atoms with Crippen LogP contribution >= 0.6 is 0 Å². The van der Waals surface area contributed by atoms with Crippen molar-refractivity contribution >= 4 is 11.0 Å². The molecule has 0 radical (unpaired) electrons. The summed E-state index contributed by atoms with van der Waals surface area (Å²) >= 11 is 0. The summed E-state index contributed by atoms with van der Waals surface area (Å²) < 4.78 is 22.1. The Hall–Kier alpha value is -4.13. The molecule has 0 saturated heterocycles. The van der Waals surface area contributed by atoms with Gasteiger partial charge in [0.15, 0.2) is 11.5 Å². The zero-order chi connectivity index (χ0) is 20.0. The number of phenolic OH excluding ortho intramolecular Hbond substituents is 2. The molecule has 1 aliphatic rings. The van der Waals surface area contributed by atoms with Crippen molar-refractivity contribution in [3.05, 3.63) is 71.1 Å². The van der Waals surface area contributed by atoms with Crippen LogP contribution in [-0.2, 0) is 0 Å². The molecule has 29 heavy (non-hydrogen) atoms. The zero-order valence-electron chi connectivity index (χ0n) is 14.9. The predicted octanol–water partition coefficient (Wildman–Crippen LogP) is 4.39. The molecule has 1 aliphatic heterocycles. The molecule has 0 spiro atoms. The standard InChI is InChI=1S/C22H14O7/c23-13-2-4-15(5-3-13)29-20-9-14(24)8-19-21(20)22(25)16(10-26-19)12-1-6-17-18(7-12)28-11-27-17/h1-10,23-24H,11H2. The average Bonchev–Trinajstić information content (AvgIpc) is 3.17. The molecular weight excluding hydrogens is 376 g/mol. The van der Waals surface area contributed by atoms with E-state index in [9.17, 15) is 15.0 Å². The van der Waals surface area contributed by atoms with Crippen LogP contribution in [0.5, 0.6) is 34.5 Å². The first-order chi connectivity index (χ1) is 14.1. The quantitative estimate of drug-likeness (QED) is 0.535. The minimum Gasteiger partial charge on any atom is -0.508 e. The second-order valence-electron chi connectivity index (χ2n) is 6.46. The number of aromatic hydroxyl groups is 2. The van der Waals surface area contributed by atoms with Gasteiger partial charge in [-0.2, -0.15) is 0 Å². The Labute approximate surface area is 163 Å². The van der Waals surface area contributed by atoms with Gasteiger partial charge < -0.3 is 28.8 Å². The second kappa shape index (κ2) is 6.49. The Morgan fingerprint density at radius 1 is 0.862 bits per heavy atom. The zero-order valence-corrected chi connectivity index (χ0v) is 14.9. The number of phenols is 2.